The second-order valence-corrected chi connectivity index (χ2v) is 3.44. The molecule has 0 aromatic rings. The minimum absolute atomic E-state index is 0.0609. The lowest BCUT2D eigenvalue weighted by molar-refractivity contribution is -0.144. The molecular weight excluding hydrogens is 216 g/mol. The van der Waals surface area contributed by atoms with Crippen molar-refractivity contribution in [2.45, 2.75) is 12.1 Å². The standard InChI is InChI=1S/C9H16N2O5/c1-15-4-7(9(13)14)11-8(12)6-5-16-3-2-10-6/h6-7,10H,2-5H2,1H3,(H,11,12)(H,13,14). The molecule has 1 amide bonds. The molecular formula is C9H16N2O5. The monoisotopic (exact) mass is 232 g/mol. The van der Waals surface area contributed by atoms with E-state index < -0.39 is 18.1 Å². The first kappa shape index (κ1) is 12.9. The van der Waals surface area contributed by atoms with Crippen LogP contribution in [0.5, 0.6) is 0 Å². The largest absolute Gasteiger partial charge is 0.480 e. The topological polar surface area (TPSA) is 96.9 Å². The van der Waals surface area contributed by atoms with Crippen LogP contribution in [0.1, 0.15) is 0 Å². The van der Waals surface area contributed by atoms with Gasteiger partial charge in [-0.05, 0) is 0 Å². The molecule has 2 atom stereocenters. The third-order valence-electron chi connectivity index (χ3n) is 2.19. The number of carboxylic acid groups (broad SMARTS) is 1. The van der Waals surface area contributed by atoms with Crippen molar-refractivity contribution in [3.63, 3.8) is 0 Å². The first-order chi connectivity index (χ1) is 7.65. The summed E-state index contributed by atoms with van der Waals surface area (Å²) in [5.74, 6) is -1.50. The Kier molecular flexibility index (Phi) is 5.17. The second kappa shape index (κ2) is 6.41. The SMILES string of the molecule is COCC(NC(=O)C1COCCN1)C(=O)O. The molecule has 1 heterocycles. The molecule has 1 rings (SSSR count). The fourth-order valence-corrected chi connectivity index (χ4v) is 1.35. The van der Waals surface area contributed by atoms with Crippen molar-refractivity contribution in [2.75, 3.05) is 33.5 Å². The zero-order valence-corrected chi connectivity index (χ0v) is 9.06. The summed E-state index contributed by atoms with van der Waals surface area (Å²) in [7, 11) is 1.38. The minimum atomic E-state index is -1.12. The van der Waals surface area contributed by atoms with Gasteiger partial charge in [0.1, 0.15) is 6.04 Å². The van der Waals surface area contributed by atoms with Crippen LogP contribution < -0.4 is 10.6 Å². The van der Waals surface area contributed by atoms with Gasteiger partial charge in [0.2, 0.25) is 5.91 Å². The zero-order chi connectivity index (χ0) is 12.0. The van der Waals surface area contributed by atoms with Gasteiger partial charge in [0.25, 0.3) is 0 Å². The predicted molar refractivity (Wildman–Crippen MR) is 54.1 cm³/mol. The maximum Gasteiger partial charge on any atom is 0.328 e. The van der Waals surface area contributed by atoms with Crippen molar-refractivity contribution in [1.29, 1.82) is 0 Å². The smallest absolute Gasteiger partial charge is 0.328 e. The van der Waals surface area contributed by atoms with Crippen LogP contribution in [0.15, 0.2) is 0 Å². The van der Waals surface area contributed by atoms with Crippen LogP contribution in [-0.4, -0.2) is 62.5 Å². The lowest BCUT2D eigenvalue weighted by atomic mass is 10.2. The van der Waals surface area contributed by atoms with Crippen molar-refractivity contribution in [3.8, 4) is 0 Å². The summed E-state index contributed by atoms with van der Waals surface area (Å²) in [6.07, 6.45) is 0. The van der Waals surface area contributed by atoms with Gasteiger partial charge in [0, 0.05) is 13.7 Å². The third kappa shape index (κ3) is 3.76. The van der Waals surface area contributed by atoms with E-state index >= 15 is 0 Å². The Labute approximate surface area is 93.1 Å². The molecule has 2 unspecified atom stereocenters. The summed E-state index contributed by atoms with van der Waals surface area (Å²) in [5.41, 5.74) is 0. The third-order valence-corrected chi connectivity index (χ3v) is 2.19. The van der Waals surface area contributed by atoms with E-state index in [2.05, 4.69) is 10.6 Å². The summed E-state index contributed by atoms with van der Waals surface area (Å²) in [5, 5.41) is 14.1. The number of amides is 1. The Morgan fingerprint density at radius 3 is 2.94 bits per heavy atom. The van der Waals surface area contributed by atoms with Crippen molar-refractivity contribution in [3.05, 3.63) is 0 Å². The molecule has 1 aliphatic heterocycles. The van der Waals surface area contributed by atoms with Gasteiger partial charge in [-0.1, -0.05) is 0 Å². The average molecular weight is 232 g/mol. The predicted octanol–water partition coefficient (Wildman–Crippen LogP) is -1.81. The molecule has 0 aliphatic carbocycles. The highest BCUT2D eigenvalue weighted by atomic mass is 16.5. The Morgan fingerprint density at radius 1 is 1.69 bits per heavy atom. The van der Waals surface area contributed by atoms with E-state index in [1.165, 1.54) is 7.11 Å². The summed E-state index contributed by atoms with van der Waals surface area (Å²) in [6.45, 7) is 1.34. The molecule has 3 N–H and O–H groups in total. The fraction of sp³-hybridized carbons (Fsp3) is 0.778. The number of nitrogens with one attached hydrogen (secondary N) is 2. The lowest BCUT2D eigenvalue weighted by Gasteiger charge is -2.24. The number of carbonyl (C=O) groups is 2. The summed E-state index contributed by atoms with van der Waals surface area (Å²) < 4.78 is 9.81. The molecule has 0 radical (unpaired) electrons. The Hall–Kier alpha value is -1.18. The molecule has 92 valence electrons. The van der Waals surface area contributed by atoms with E-state index in [0.29, 0.717) is 13.2 Å². The molecule has 0 bridgehead atoms. The van der Waals surface area contributed by atoms with E-state index in [1.807, 2.05) is 0 Å². The first-order valence-corrected chi connectivity index (χ1v) is 4.98. The van der Waals surface area contributed by atoms with Crippen LogP contribution in [0.4, 0.5) is 0 Å². The van der Waals surface area contributed by atoms with E-state index in [-0.39, 0.29) is 19.1 Å². The number of carboxylic acids is 1. The van der Waals surface area contributed by atoms with Crippen LogP contribution in [0.2, 0.25) is 0 Å². The number of hydrogen-bond acceptors (Lipinski definition) is 5. The molecule has 1 saturated heterocycles. The Morgan fingerprint density at radius 2 is 2.44 bits per heavy atom. The summed E-state index contributed by atoms with van der Waals surface area (Å²) in [6, 6.07) is -1.52. The highest BCUT2D eigenvalue weighted by Crippen LogP contribution is 1.95. The average Bonchev–Trinajstić information content (AvgIpc) is 2.29. The number of morpholine rings is 1. The van der Waals surface area contributed by atoms with Gasteiger partial charge in [-0.2, -0.15) is 0 Å². The van der Waals surface area contributed by atoms with Crippen LogP contribution in [0.25, 0.3) is 0 Å². The van der Waals surface area contributed by atoms with Crippen LogP contribution in [0, 0.1) is 0 Å². The molecule has 1 fully saturated rings. The van der Waals surface area contributed by atoms with Crippen molar-refractivity contribution < 1.29 is 24.2 Å². The molecule has 0 spiro atoms. The second-order valence-electron chi connectivity index (χ2n) is 3.44. The molecule has 7 nitrogen and oxygen atoms in total. The number of carbonyl (C=O) groups excluding carboxylic acids is 1. The zero-order valence-electron chi connectivity index (χ0n) is 9.06. The minimum Gasteiger partial charge on any atom is -0.480 e. The van der Waals surface area contributed by atoms with E-state index in [4.69, 9.17) is 14.6 Å². The summed E-state index contributed by atoms with van der Waals surface area (Å²) >= 11 is 0. The quantitative estimate of drug-likeness (QED) is 0.517. The number of hydrogen-bond donors (Lipinski definition) is 3. The summed E-state index contributed by atoms with van der Waals surface area (Å²) in [4.78, 5) is 22.4. The lowest BCUT2D eigenvalue weighted by Crippen LogP contribution is -2.55. The van der Waals surface area contributed by atoms with Gasteiger partial charge < -0.3 is 25.2 Å². The Balaban J connectivity index is 2.43. The molecule has 7 heteroatoms. The molecule has 0 saturated carbocycles. The van der Waals surface area contributed by atoms with Crippen LogP contribution in [-0.2, 0) is 19.1 Å². The van der Waals surface area contributed by atoms with Gasteiger partial charge >= 0.3 is 5.97 Å². The van der Waals surface area contributed by atoms with Gasteiger partial charge in [-0.25, -0.2) is 4.79 Å². The molecule has 16 heavy (non-hydrogen) atoms. The van der Waals surface area contributed by atoms with Gasteiger partial charge in [-0.3, -0.25) is 4.79 Å². The van der Waals surface area contributed by atoms with E-state index in [9.17, 15) is 9.59 Å². The van der Waals surface area contributed by atoms with Crippen molar-refractivity contribution in [1.82, 2.24) is 10.6 Å². The van der Waals surface area contributed by atoms with Gasteiger partial charge in [-0.15, -0.1) is 0 Å². The Bertz CT molecular complexity index is 252. The number of rotatable bonds is 5. The number of ether oxygens (including phenoxy) is 2. The highest BCUT2D eigenvalue weighted by Gasteiger charge is 2.26. The molecule has 1 aliphatic rings. The first-order valence-electron chi connectivity index (χ1n) is 4.98. The number of aliphatic carboxylic acids is 1. The maximum atomic E-state index is 11.6. The highest BCUT2D eigenvalue weighted by molar-refractivity contribution is 5.87. The van der Waals surface area contributed by atoms with E-state index in [1.54, 1.807) is 0 Å². The molecule has 0 aromatic heterocycles. The van der Waals surface area contributed by atoms with Crippen molar-refractivity contribution >= 4 is 11.9 Å². The van der Waals surface area contributed by atoms with Gasteiger partial charge in [0.15, 0.2) is 6.04 Å². The maximum absolute atomic E-state index is 11.6. The number of methoxy groups -OCH3 is 1. The normalized spacial score (nSPS) is 22.4. The van der Waals surface area contributed by atoms with Crippen LogP contribution in [0.3, 0.4) is 0 Å². The molecule has 0 aromatic carbocycles. The van der Waals surface area contributed by atoms with E-state index in [0.717, 1.165) is 0 Å². The van der Waals surface area contributed by atoms with Crippen LogP contribution >= 0.6 is 0 Å². The fourth-order valence-electron chi connectivity index (χ4n) is 1.35. The van der Waals surface area contributed by atoms with Crippen molar-refractivity contribution in [2.24, 2.45) is 0 Å². The van der Waals surface area contributed by atoms with Gasteiger partial charge in [0.05, 0.1) is 19.8 Å².